The number of nitrogens with zero attached hydrogens (tertiary/aromatic N) is 1. The third kappa shape index (κ3) is 1.16. The minimum Gasteiger partial charge on any atom is -0.463 e. The molecule has 2 N–H and O–H groups in total. The monoisotopic (exact) mass is 141 g/mol. The Morgan fingerprint density at radius 3 is 3.10 bits per heavy atom. The van der Waals surface area contributed by atoms with Crippen molar-refractivity contribution >= 4 is 6.21 Å². The first-order valence-corrected chi connectivity index (χ1v) is 2.73. The number of hydrogen-bond donors (Lipinski definition) is 2. The number of hydrogen-bond acceptors (Lipinski definition) is 4. The van der Waals surface area contributed by atoms with Crippen molar-refractivity contribution in [3.8, 4) is 0 Å². The number of aliphatic hydroxyl groups is 1. The molecule has 1 heterocycles. The molecule has 1 aromatic rings. The molecule has 0 spiro atoms. The summed E-state index contributed by atoms with van der Waals surface area (Å²) in [7, 11) is 0. The van der Waals surface area contributed by atoms with Gasteiger partial charge in [-0.05, 0) is 6.07 Å². The molecule has 0 saturated carbocycles. The minimum absolute atomic E-state index is 0.113. The normalized spacial score (nSPS) is 10.9. The van der Waals surface area contributed by atoms with Crippen LogP contribution in [0.15, 0.2) is 21.9 Å². The first kappa shape index (κ1) is 6.82. The van der Waals surface area contributed by atoms with E-state index in [4.69, 9.17) is 14.7 Å². The van der Waals surface area contributed by atoms with Crippen molar-refractivity contribution in [1.29, 1.82) is 0 Å². The van der Waals surface area contributed by atoms with E-state index in [1.165, 1.54) is 6.26 Å². The molecule has 1 rings (SSSR count). The summed E-state index contributed by atoms with van der Waals surface area (Å²) in [6.07, 6.45) is 2.55. The van der Waals surface area contributed by atoms with Gasteiger partial charge in [0.2, 0.25) is 0 Å². The van der Waals surface area contributed by atoms with Gasteiger partial charge in [0, 0.05) is 5.56 Å². The van der Waals surface area contributed by atoms with Crippen LogP contribution in [0.5, 0.6) is 0 Å². The van der Waals surface area contributed by atoms with Gasteiger partial charge in [0.1, 0.15) is 6.21 Å². The van der Waals surface area contributed by atoms with E-state index in [0.717, 1.165) is 6.21 Å². The van der Waals surface area contributed by atoms with E-state index in [1.54, 1.807) is 6.07 Å². The molecule has 0 atom stereocenters. The second-order valence-corrected chi connectivity index (χ2v) is 1.71. The molecular weight excluding hydrogens is 134 g/mol. The van der Waals surface area contributed by atoms with E-state index in [9.17, 15) is 0 Å². The van der Waals surface area contributed by atoms with Gasteiger partial charge in [0.05, 0.1) is 12.9 Å². The lowest BCUT2D eigenvalue weighted by molar-refractivity contribution is 0.280. The molecule has 0 aliphatic rings. The van der Waals surface area contributed by atoms with Crippen LogP contribution in [0.25, 0.3) is 0 Å². The summed E-state index contributed by atoms with van der Waals surface area (Å²) in [5, 5.41) is 19.5. The summed E-state index contributed by atoms with van der Waals surface area (Å²) >= 11 is 0. The molecule has 4 nitrogen and oxygen atoms in total. The number of oxime groups is 1. The summed E-state index contributed by atoms with van der Waals surface area (Å²) in [6.45, 7) is -0.113. The Morgan fingerprint density at radius 1 is 1.70 bits per heavy atom. The third-order valence-corrected chi connectivity index (χ3v) is 1.13. The first-order chi connectivity index (χ1) is 4.88. The topological polar surface area (TPSA) is 66.0 Å². The van der Waals surface area contributed by atoms with Crippen molar-refractivity contribution < 1.29 is 14.7 Å². The van der Waals surface area contributed by atoms with Gasteiger partial charge in [0.15, 0.2) is 5.76 Å². The first-order valence-electron chi connectivity index (χ1n) is 2.73. The Balaban J connectivity index is 2.90. The minimum atomic E-state index is -0.113. The van der Waals surface area contributed by atoms with Gasteiger partial charge < -0.3 is 14.7 Å². The Kier molecular flexibility index (Phi) is 2.07. The average molecular weight is 141 g/mol. The Morgan fingerprint density at radius 2 is 2.50 bits per heavy atom. The van der Waals surface area contributed by atoms with Crippen LogP contribution in [0.1, 0.15) is 11.3 Å². The smallest absolute Gasteiger partial charge is 0.153 e. The zero-order valence-corrected chi connectivity index (χ0v) is 5.19. The predicted molar refractivity (Wildman–Crippen MR) is 34.0 cm³/mol. The van der Waals surface area contributed by atoms with Crippen LogP contribution >= 0.6 is 0 Å². The zero-order valence-electron chi connectivity index (χ0n) is 5.19. The fourth-order valence-electron chi connectivity index (χ4n) is 0.644. The molecule has 0 radical (unpaired) electrons. The van der Waals surface area contributed by atoms with E-state index in [-0.39, 0.29) is 6.61 Å². The van der Waals surface area contributed by atoms with Crippen molar-refractivity contribution in [3.05, 3.63) is 23.7 Å². The Bertz CT molecular complexity index is 229. The lowest BCUT2D eigenvalue weighted by Gasteiger charge is -1.87. The maximum absolute atomic E-state index is 8.63. The van der Waals surface area contributed by atoms with Gasteiger partial charge in [-0.25, -0.2) is 0 Å². The highest BCUT2D eigenvalue weighted by Crippen LogP contribution is 2.06. The molecule has 4 heteroatoms. The lowest BCUT2D eigenvalue weighted by Crippen LogP contribution is -1.85. The maximum Gasteiger partial charge on any atom is 0.153 e. The lowest BCUT2D eigenvalue weighted by atomic mass is 10.3. The van der Waals surface area contributed by atoms with E-state index in [2.05, 4.69) is 5.16 Å². The molecular formula is C6H7NO3. The van der Waals surface area contributed by atoms with Crippen LogP contribution in [-0.4, -0.2) is 16.5 Å². The summed E-state index contributed by atoms with van der Waals surface area (Å²) in [4.78, 5) is 0. The van der Waals surface area contributed by atoms with E-state index < -0.39 is 0 Å². The molecule has 1 aromatic heterocycles. The molecule has 0 saturated heterocycles. The van der Waals surface area contributed by atoms with Gasteiger partial charge in [0.25, 0.3) is 0 Å². The highest BCUT2D eigenvalue weighted by atomic mass is 16.4. The second-order valence-electron chi connectivity index (χ2n) is 1.71. The Labute approximate surface area is 57.4 Å². The molecule has 54 valence electrons. The van der Waals surface area contributed by atoms with E-state index in [0.29, 0.717) is 11.3 Å². The fraction of sp³-hybridized carbons (Fsp3) is 0.167. The largest absolute Gasteiger partial charge is 0.463 e. The SMILES string of the molecule is OCc1ccoc1C=NO. The fourth-order valence-corrected chi connectivity index (χ4v) is 0.644. The zero-order chi connectivity index (χ0) is 7.40. The van der Waals surface area contributed by atoms with Crippen molar-refractivity contribution in [2.75, 3.05) is 0 Å². The van der Waals surface area contributed by atoms with E-state index >= 15 is 0 Å². The van der Waals surface area contributed by atoms with Crippen molar-refractivity contribution in [2.24, 2.45) is 5.16 Å². The third-order valence-electron chi connectivity index (χ3n) is 1.13. The van der Waals surface area contributed by atoms with Crippen molar-refractivity contribution in [2.45, 2.75) is 6.61 Å². The summed E-state index contributed by atoms with van der Waals surface area (Å²) in [5.74, 6) is 0.380. The number of rotatable bonds is 2. The Hall–Kier alpha value is -1.29. The van der Waals surface area contributed by atoms with E-state index in [1.807, 2.05) is 0 Å². The van der Waals surface area contributed by atoms with Gasteiger partial charge in [-0.3, -0.25) is 0 Å². The van der Waals surface area contributed by atoms with Crippen LogP contribution in [0.3, 0.4) is 0 Å². The molecule has 0 aliphatic heterocycles. The van der Waals surface area contributed by atoms with Crippen molar-refractivity contribution in [3.63, 3.8) is 0 Å². The molecule has 0 fully saturated rings. The van der Waals surface area contributed by atoms with Crippen LogP contribution < -0.4 is 0 Å². The van der Waals surface area contributed by atoms with Gasteiger partial charge >= 0.3 is 0 Å². The molecule has 0 aromatic carbocycles. The molecule has 0 amide bonds. The summed E-state index contributed by atoms with van der Waals surface area (Å²) in [6, 6.07) is 1.61. The van der Waals surface area contributed by atoms with Gasteiger partial charge in [-0.1, -0.05) is 5.16 Å². The number of furan rings is 1. The quantitative estimate of drug-likeness (QED) is 0.359. The van der Waals surface area contributed by atoms with Crippen LogP contribution in [-0.2, 0) is 6.61 Å². The van der Waals surface area contributed by atoms with Gasteiger partial charge in [-0.15, -0.1) is 0 Å². The van der Waals surface area contributed by atoms with Crippen molar-refractivity contribution in [1.82, 2.24) is 0 Å². The molecule has 0 unspecified atom stereocenters. The molecule has 0 bridgehead atoms. The van der Waals surface area contributed by atoms with Crippen LogP contribution in [0.2, 0.25) is 0 Å². The predicted octanol–water partition coefficient (Wildman–Crippen LogP) is 0.580. The number of aliphatic hydroxyl groups excluding tert-OH is 1. The van der Waals surface area contributed by atoms with Crippen LogP contribution in [0.4, 0.5) is 0 Å². The standard InChI is InChI=1S/C6H7NO3/c8-4-5-1-2-10-6(5)3-7-9/h1-3,8-9H,4H2. The summed E-state index contributed by atoms with van der Waals surface area (Å²) in [5.41, 5.74) is 0.609. The summed E-state index contributed by atoms with van der Waals surface area (Å²) < 4.78 is 4.83. The molecule has 10 heavy (non-hydrogen) atoms. The average Bonchev–Trinajstić information content (AvgIpc) is 2.36. The highest BCUT2D eigenvalue weighted by molar-refractivity contribution is 5.77. The van der Waals surface area contributed by atoms with Crippen LogP contribution in [0, 0.1) is 0 Å². The maximum atomic E-state index is 8.63. The van der Waals surface area contributed by atoms with Gasteiger partial charge in [-0.2, -0.15) is 0 Å². The molecule has 0 aliphatic carbocycles. The second kappa shape index (κ2) is 3.03. The highest BCUT2D eigenvalue weighted by Gasteiger charge is 2.00.